The number of benzene rings is 7. The Morgan fingerprint density at radius 3 is 1.02 bits per heavy atom. The first-order valence-corrected chi connectivity index (χ1v) is 16.4. The first kappa shape index (κ1) is 29.7. The third-order valence-corrected chi connectivity index (χ3v) is 8.53. The van der Waals surface area contributed by atoms with Crippen LogP contribution in [0.4, 0.5) is 17.1 Å². The van der Waals surface area contributed by atoms with Crippen LogP contribution in [0.15, 0.2) is 194 Å². The number of aromatic nitrogens is 3. The second-order valence-electron chi connectivity index (χ2n) is 11.7. The third kappa shape index (κ3) is 6.49. The molecular formula is C45H32N4. The number of nitrogens with zero attached hydrogens (tertiary/aromatic N) is 4. The topological polar surface area (TPSA) is 41.9 Å². The lowest BCUT2D eigenvalue weighted by molar-refractivity contribution is 1.07. The summed E-state index contributed by atoms with van der Waals surface area (Å²) in [6.45, 7) is 0. The molecule has 1 aromatic heterocycles. The minimum absolute atomic E-state index is 0.629. The van der Waals surface area contributed by atoms with Crippen molar-refractivity contribution in [3.05, 3.63) is 194 Å². The summed E-state index contributed by atoms with van der Waals surface area (Å²) in [7, 11) is 0. The molecule has 0 N–H and O–H groups in total. The van der Waals surface area contributed by atoms with Crippen LogP contribution in [0.3, 0.4) is 0 Å². The summed E-state index contributed by atoms with van der Waals surface area (Å²) in [5.41, 5.74) is 10.7. The lowest BCUT2D eigenvalue weighted by atomic mass is 10.0. The number of anilines is 3. The predicted molar refractivity (Wildman–Crippen MR) is 202 cm³/mol. The SMILES string of the molecule is c1ccc(-c2ccc(N(c3ccc(-c4nc(-c5ccccc5)nc(-c5ccccc5)n4)cc3)c3cccc(-c4ccccc4)c3)cc2)cc1. The summed E-state index contributed by atoms with van der Waals surface area (Å²) in [5.74, 6) is 1.92. The smallest absolute Gasteiger partial charge is 0.164 e. The molecule has 0 saturated carbocycles. The Bertz CT molecular complexity index is 2230. The molecular weight excluding hydrogens is 597 g/mol. The van der Waals surface area contributed by atoms with Crippen LogP contribution in [-0.4, -0.2) is 15.0 Å². The van der Waals surface area contributed by atoms with Crippen LogP contribution in [0.5, 0.6) is 0 Å². The molecule has 232 valence electrons. The maximum absolute atomic E-state index is 4.94. The summed E-state index contributed by atoms with van der Waals surface area (Å²) in [4.78, 5) is 17.0. The quantitative estimate of drug-likeness (QED) is 0.168. The minimum Gasteiger partial charge on any atom is -0.310 e. The highest BCUT2D eigenvalue weighted by molar-refractivity contribution is 5.82. The molecule has 0 bridgehead atoms. The third-order valence-electron chi connectivity index (χ3n) is 8.53. The number of hydrogen-bond acceptors (Lipinski definition) is 4. The van der Waals surface area contributed by atoms with Gasteiger partial charge in [-0.3, -0.25) is 0 Å². The van der Waals surface area contributed by atoms with Gasteiger partial charge in [-0.05, 0) is 70.8 Å². The first-order valence-electron chi connectivity index (χ1n) is 16.4. The molecule has 0 fully saturated rings. The molecule has 0 atom stereocenters. The van der Waals surface area contributed by atoms with Gasteiger partial charge in [0.05, 0.1) is 0 Å². The molecule has 0 amide bonds. The molecule has 4 heteroatoms. The van der Waals surface area contributed by atoms with E-state index in [0.717, 1.165) is 39.3 Å². The second kappa shape index (κ2) is 13.6. The van der Waals surface area contributed by atoms with Gasteiger partial charge in [0.1, 0.15) is 0 Å². The zero-order chi connectivity index (χ0) is 32.8. The summed E-state index contributed by atoms with van der Waals surface area (Å²) < 4.78 is 0. The van der Waals surface area contributed by atoms with Crippen molar-refractivity contribution >= 4 is 17.1 Å². The van der Waals surface area contributed by atoms with E-state index in [1.54, 1.807) is 0 Å². The van der Waals surface area contributed by atoms with Gasteiger partial charge >= 0.3 is 0 Å². The van der Waals surface area contributed by atoms with Crippen molar-refractivity contribution < 1.29 is 0 Å². The monoisotopic (exact) mass is 628 g/mol. The van der Waals surface area contributed by atoms with E-state index in [1.165, 1.54) is 16.7 Å². The molecule has 7 aromatic carbocycles. The van der Waals surface area contributed by atoms with Crippen molar-refractivity contribution in [3.63, 3.8) is 0 Å². The highest BCUT2D eigenvalue weighted by Gasteiger charge is 2.16. The van der Waals surface area contributed by atoms with Gasteiger partial charge < -0.3 is 4.90 Å². The van der Waals surface area contributed by atoms with Gasteiger partial charge in [0.15, 0.2) is 17.5 Å². The Hall–Kier alpha value is -6.65. The molecule has 0 saturated heterocycles. The molecule has 4 nitrogen and oxygen atoms in total. The zero-order valence-electron chi connectivity index (χ0n) is 26.8. The highest BCUT2D eigenvalue weighted by atomic mass is 15.1. The molecule has 49 heavy (non-hydrogen) atoms. The van der Waals surface area contributed by atoms with Crippen molar-refractivity contribution in [1.82, 2.24) is 15.0 Å². The van der Waals surface area contributed by atoms with E-state index in [-0.39, 0.29) is 0 Å². The first-order chi connectivity index (χ1) is 24.3. The average molecular weight is 629 g/mol. The van der Waals surface area contributed by atoms with Gasteiger partial charge in [-0.2, -0.15) is 0 Å². The maximum atomic E-state index is 4.94. The second-order valence-corrected chi connectivity index (χ2v) is 11.7. The lowest BCUT2D eigenvalue weighted by Crippen LogP contribution is -2.10. The molecule has 0 aliphatic heterocycles. The summed E-state index contributed by atoms with van der Waals surface area (Å²) in [6, 6.07) is 67.0. The molecule has 0 spiro atoms. The van der Waals surface area contributed by atoms with E-state index in [2.05, 4.69) is 126 Å². The minimum atomic E-state index is 0.629. The van der Waals surface area contributed by atoms with Crippen LogP contribution in [0.25, 0.3) is 56.4 Å². The Labute approximate surface area is 286 Å². The average Bonchev–Trinajstić information content (AvgIpc) is 3.20. The number of hydrogen-bond donors (Lipinski definition) is 0. The Kier molecular flexibility index (Phi) is 8.25. The summed E-state index contributed by atoms with van der Waals surface area (Å²) in [5, 5.41) is 0. The Morgan fingerprint density at radius 1 is 0.245 bits per heavy atom. The van der Waals surface area contributed by atoms with Crippen molar-refractivity contribution in [2.24, 2.45) is 0 Å². The Balaban J connectivity index is 1.21. The van der Waals surface area contributed by atoms with E-state index in [0.29, 0.717) is 17.5 Å². The molecule has 8 aromatic rings. The van der Waals surface area contributed by atoms with Gasteiger partial charge in [0, 0.05) is 33.8 Å². The standard InChI is InChI=1S/C45H32N4/c1-5-14-33(15-6-1)35-24-28-40(29-25-35)49(42-23-13-22-39(32-42)34-16-7-2-8-17-34)41-30-26-38(27-31-41)45-47-43(36-18-9-3-10-19-36)46-44(48-45)37-20-11-4-12-21-37/h1-32H. The normalized spacial score (nSPS) is 10.9. The lowest BCUT2D eigenvalue weighted by Gasteiger charge is -2.26. The van der Waals surface area contributed by atoms with Crippen LogP contribution >= 0.6 is 0 Å². The van der Waals surface area contributed by atoms with Gasteiger partial charge in [-0.1, -0.05) is 146 Å². The summed E-state index contributed by atoms with van der Waals surface area (Å²) in [6.07, 6.45) is 0. The van der Waals surface area contributed by atoms with Gasteiger partial charge in [0.2, 0.25) is 0 Å². The van der Waals surface area contributed by atoms with Crippen molar-refractivity contribution in [2.75, 3.05) is 4.90 Å². The fraction of sp³-hybridized carbons (Fsp3) is 0. The highest BCUT2D eigenvalue weighted by Crippen LogP contribution is 2.38. The van der Waals surface area contributed by atoms with E-state index < -0.39 is 0 Å². The van der Waals surface area contributed by atoms with E-state index in [4.69, 9.17) is 15.0 Å². The van der Waals surface area contributed by atoms with Crippen LogP contribution in [0, 0.1) is 0 Å². The van der Waals surface area contributed by atoms with Crippen molar-refractivity contribution in [3.8, 4) is 56.4 Å². The predicted octanol–water partition coefficient (Wildman–Crippen LogP) is 11.7. The van der Waals surface area contributed by atoms with Crippen LogP contribution in [-0.2, 0) is 0 Å². The largest absolute Gasteiger partial charge is 0.310 e. The zero-order valence-corrected chi connectivity index (χ0v) is 26.8. The fourth-order valence-corrected chi connectivity index (χ4v) is 6.03. The van der Waals surface area contributed by atoms with Crippen molar-refractivity contribution in [2.45, 2.75) is 0 Å². The molecule has 0 radical (unpaired) electrons. The summed E-state index contributed by atoms with van der Waals surface area (Å²) >= 11 is 0. The van der Waals surface area contributed by atoms with Crippen LogP contribution in [0.1, 0.15) is 0 Å². The van der Waals surface area contributed by atoms with Gasteiger partial charge in [-0.15, -0.1) is 0 Å². The molecule has 0 unspecified atom stereocenters. The van der Waals surface area contributed by atoms with Gasteiger partial charge in [-0.25, -0.2) is 15.0 Å². The molecule has 0 aliphatic carbocycles. The van der Waals surface area contributed by atoms with Crippen LogP contribution < -0.4 is 4.90 Å². The van der Waals surface area contributed by atoms with Crippen LogP contribution in [0.2, 0.25) is 0 Å². The molecule has 1 heterocycles. The molecule has 0 aliphatic rings. The van der Waals surface area contributed by atoms with Crippen molar-refractivity contribution in [1.29, 1.82) is 0 Å². The molecule has 8 rings (SSSR count). The number of rotatable bonds is 8. The van der Waals surface area contributed by atoms with E-state index in [1.807, 2.05) is 72.8 Å². The fourth-order valence-electron chi connectivity index (χ4n) is 6.03. The van der Waals surface area contributed by atoms with E-state index >= 15 is 0 Å². The Morgan fingerprint density at radius 2 is 0.571 bits per heavy atom. The van der Waals surface area contributed by atoms with E-state index in [9.17, 15) is 0 Å². The maximum Gasteiger partial charge on any atom is 0.164 e. The van der Waals surface area contributed by atoms with Gasteiger partial charge in [0.25, 0.3) is 0 Å².